The van der Waals surface area contributed by atoms with Crippen molar-refractivity contribution in [2.45, 2.75) is 20.4 Å². The maximum Gasteiger partial charge on any atom is 0.258 e. The van der Waals surface area contributed by atoms with E-state index >= 15 is 0 Å². The second-order valence-corrected chi connectivity index (χ2v) is 4.26. The molecular formula is C14H16N2O3. The van der Waals surface area contributed by atoms with Crippen LogP contribution in [0.2, 0.25) is 0 Å². The van der Waals surface area contributed by atoms with Gasteiger partial charge in [0, 0.05) is 6.07 Å². The van der Waals surface area contributed by atoms with Crippen molar-refractivity contribution >= 4 is 5.91 Å². The summed E-state index contributed by atoms with van der Waals surface area (Å²) in [6, 6.07) is 9.35. The van der Waals surface area contributed by atoms with Crippen molar-refractivity contribution in [1.29, 1.82) is 0 Å². The van der Waals surface area contributed by atoms with Crippen molar-refractivity contribution < 1.29 is 14.1 Å². The predicted molar refractivity (Wildman–Crippen MR) is 69.8 cm³/mol. The molecule has 0 saturated carbocycles. The number of nitrogens with zero attached hydrogens (tertiary/aromatic N) is 1. The fourth-order valence-corrected chi connectivity index (χ4v) is 1.60. The van der Waals surface area contributed by atoms with Crippen molar-refractivity contribution in [2.75, 3.05) is 6.61 Å². The molecule has 2 rings (SSSR count). The molecular weight excluding hydrogens is 244 g/mol. The van der Waals surface area contributed by atoms with E-state index in [1.54, 1.807) is 13.0 Å². The smallest absolute Gasteiger partial charge is 0.258 e. The Kier molecular flexibility index (Phi) is 4.18. The molecule has 0 spiro atoms. The summed E-state index contributed by atoms with van der Waals surface area (Å²) in [7, 11) is 0. The van der Waals surface area contributed by atoms with E-state index in [4.69, 9.17) is 9.26 Å². The minimum Gasteiger partial charge on any atom is -0.484 e. The number of nitrogens with one attached hydrogen (secondary N) is 1. The number of benzene rings is 1. The van der Waals surface area contributed by atoms with Crippen LogP contribution in [0.4, 0.5) is 0 Å². The molecule has 0 radical (unpaired) electrons. The van der Waals surface area contributed by atoms with Crippen LogP contribution in [0.15, 0.2) is 34.9 Å². The Bertz CT molecular complexity index is 563. The van der Waals surface area contributed by atoms with Gasteiger partial charge in [0.2, 0.25) is 0 Å². The fourth-order valence-electron chi connectivity index (χ4n) is 1.60. The summed E-state index contributed by atoms with van der Waals surface area (Å²) in [5.74, 6) is 1.25. The SMILES string of the molecule is Cc1cc(CNC(=O)COc2ccccc2C)no1. The summed E-state index contributed by atoms with van der Waals surface area (Å²) in [5.41, 5.74) is 1.70. The lowest BCUT2D eigenvalue weighted by molar-refractivity contribution is -0.123. The number of amides is 1. The van der Waals surface area contributed by atoms with Gasteiger partial charge < -0.3 is 14.6 Å². The molecule has 5 heteroatoms. The predicted octanol–water partition coefficient (Wildman–Crippen LogP) is 1.99. The molecule has 100 valence electrons. The maximum absolute atomic E-state index is 11.6. The van der Waals surface area contributed by atoms with E-state index in [1.807, 2.05) is 31.2 Å². The quantitative estimate of drug-likeness (QED) is 0.892. The highest BCUT2D eigenvalue weighted by Gasteiger charge is 2.06. The molecule has 5 nitrogen and oxygen atoms in total. The van der Waals surface area contributed by atoms with E-state index in [9.17, 15) is 4.79 Å². The molecule has 1 aromatic heterocycles. The molecule has 0 aliphatic rings. The zero-order chi connectivity index (χ0) is 13.7. The fraction of sp³-hybridized carbons (Fsp3) is 0.286. The number of rotatable bonds is 5. The maximum atomic E-state index is 11.6. The summed E-state index contributed by atoms with van der Waals surface area (Å²) in [4.78, 5) is 11.6. The Morgan fingerprint density at radius 1 is 1.37 bits per heavy atom. The van der Waals surface area contributed by atoms with Crippen molar-refractivity contribution in [2.24, 2.45) is 0 Å². The second kappa shape index (κ2) is 6.04. The molecule has 0 saturated heterocycles. The minimum atomic E-state index is -0.191. The average Bonchev–Trinajstić information content (AvgIpc) is 2.81. The first-order valence-electron chi connectivity index (χ1n) is 6.02. The van der Waals surface area contributed by atoms with Gasteiger partial charge in [-0.25, -0.2) is 0 Å². The lowest BCUT2D eigenvalue weighted by atomic mass is 10.2. The standard InChI is InChI=1S/C14H16N2O3/c1-10-5-3-4-6-13(10)18-9-14(17)15-8-12-7-11(2)19-16-12/h3-7H,8-9H2,1-2H3,(H,15,17). The summed E-state index contributed by atoms with van der Waals surface area (Å²) in [5, 5.41) is 6.51. The highest BCUT2D eigenvalue weighted by Crippen LogP contribution is 2.15. The topological polar surface area (TPSA) is 64.4 Å². The van der Waals surface area contributed by atoms with Gasteiger partial charge in [-0.3, -0.25) is 4.79 Å². The number of hydrogen-bond donors (Lipinski definition) is 1. The van der Waals surface area contributed by atoms with Crippen LogP contribution in [-0.2, 0) is 11.3 Å². The Balaban J connectivity index is 1.77. The second-order valence-electron chi connectivity index (χ2n) is 4.26. The molecule has 0 unspecified atom stereocenters. The van der Waals surface area contributed by atoms with Crippen molar-refractivity contribution in [3.63, 3.8) is 0 Å². The monoisotopic (exact) mass is 260 g/mol. The highest BCUT2D eigenvalue weighted by atomic mass is 16.5. The van der Waals surface area contributed by atoms with E-state index in [-0.39, 0.29) is 12.5 Å². The number of para-hydroxylation sites is 1. The van der Waals surface area contributed by atoms with Gasteiger partial charge in [0.1, 0.15) is 17.2 Å². The van der Waals surface area contributed by atoms with Crippen LogP contribution in [0.1, 0.15) is 17.0 Å². The number of ether oxygens (including phenoxy) is 1. The molecule has 19 heavy (non-hydrogen) atoms. The first-order chi connectivity index (χ1) is 9.15. The number of carbonyl (C=O) groups excluding carboxylic acids is 1. The lowest BCUT2D eigenvalue weighted by Gasteiger charge is -2.08. The molecule has 1 N–H and O–H groups in total. The zero-order valence-corrected chi connectivity index (χ0v) is 11.0. The molecule has 1 amide bonds. The van der Waals surface area contributed by atoms with Crippen LogP contribution < -0.4 is 10.1 Å². The molecule has 0 fully saturated rings. The van der Waals surface area contributed by atoms with Crippen molar-refractivity contribution in [3.8, 4) is 5.75 Å². The highest BCUT2D eigenvalue weighted by molar-refractivity contribution is 5.77. The molecule has 0 aliphatic heterocycles. The third-order valence-corrected chi connectivity index (χ3v) is 2.60. The number of aromatic nitrogens is 1. The first kappa shape index (κ1) is 13.1. The zero-order valence-electron chi connectivity index (χ0n) is 11.0. The van der Waals surface area contributed by atoms with Crippen LogP contribution in [0.25, 0.3) is 0 Å². The van der Waals surface area contributed by atoms with Gasteiger partial charge in [-0.15, -0.1) is 0 Å². The lowest BCUT2D eigenvalue weighted by Crippen LogP contribution is -2.28. The van der Waals surface area contributed by atoms with Crippen LogP contribution in [0.3, 0.4) is 0 Å². The third kappa shape index (κ3) is 3.84. The molecule has 0 bridgehead atoms. The number of hydrogen-bond acceptors (Lipinski definition) is 4. The summed E-state index contributed by atoms with van der Waals surface area (Å²) in [6.07, 6.45) is 0. The van der Waals surface area contributed by atoms with Gasteiger partial charge >= 0.3 is 0 Å². The van der Waals surface area contributed by atoms with Crippen LogP contribution in [0, 0.1) is 13.8 Å². The third-order valence-electron chi connectivity index (χ3n) is 2.60. The first-order valence-corrected chi connectivity index (χ1v) is 6.02. The van der Waals surface area contributed by atoms with E-state index in [1.165, 1.54) is 0 Å². The molecule has 0 atom stereocenters. The largest absolute Gasteiger partial charge is 0.484 e. The normalized spacial score (nSPS) is 10.2. The number of carbonyl (C=O) groups is 1. The van der Waals surface area contributed by atoms with Gasteiger partial charge in [0.25, 0.3) is 5.91 Å². The summed E-state index contributed by atoms with van der Waals surface area (Å²) < 4.78 is 10.3. The van der Waals surface area contributed by atoms with Gasteiger partial charge in [0.05, 0.1) is 6.54 Å². The Hall–Kier alpha value is -2.30. The average molecular weight is 260 g/mol. The molecule has 1 aromatic carbocycles. The Morgan fingerprint density at radius 3 is 2.84 bits per heavy atom. The van der Waals surface area contributed by atoms with Crippen LogP contribution in [0.5, 0.6) is 5.75 Å². The Labute approximate surface area is 111 Å². The Morgan fingerprint density at radius 2 is 2.16 bits per heavy atom. The van der Waals surface area contributed by atoms with E-state index < -0.39 is 0 Å². The molecule has 2 aromatic rings. The van der Waals surface area contributed by atoms with Crippen molar-refractivity contribution in [1.82, 2.24) is 10.5 Å². The molecule has 1 heterocycles. The van der Waals surface area contributed by atoms with Crippen LogP contribution >= 0.6 is 0 Å². The van der Waals surface area contributed by atoms with E-state index in [0.717, 1.165) is 17.1 Å². The van der Waals surface area contributed by atoms with Gasteiger partial charge in [0.15, 0.2) is 6.61 Å². The van der Waals surface area contributed by atoms with Gasteiger partial charge in [-0.2, -0.15) is 0 Å². The van der Waals surface area contributed by atoms with E-state index in [2.05, 4.69) is 10.5 Å². The van der Waals surface area contributed by atoms with Crippen LogP contribution in [-0.4, -0.2) is 17.7 Å². The minimum absolute atomic E-state index is 0.0122. The van der Waals surface area contributed by atoms with Gasteiger partial charge in [-0.05, 0) is 25.5 Å². The van der Waals surface area contributed by atoms with Gasteiger partial charge in [-0.1, -0.05) is 23.4 Å². The molecule has 0 aliphatic carbocycles. The summed E-state index contributed by atoms with van der Waals surface area (Å²) >= 11 is 0. The van der Waals surface area contributed by atoms with Crippen molar-refractivity contribution in [3.05, 3.63) is 47.3 Å². The number of aryl methyl sites for hydroxylation is 2. The summed E-state index contributed by atoms with van der Waals surface area (Å²) in [6.45, 7) is 4.07. The van der Waals surface area contributed by atoms with E-state index in [0.29, 0.717) is 12.2 Å².